The van der Waals surface area contributed by atoms with Crippen LogP contribution in [-0.4, -0.2) is 49.1 Å². The number of benzene rings is 2. The second kappa shape index (κ2) is 8.79. The molecule has 1 fully saturated rings. The third-order valence-corrected chi connectivity index (χ3v) is 5.80. The van der Waals surface area contributed by atoms with Gasteiger partial charge in [-0.3, -0.25) is 0 Å². The maximum Gasteiger partial charge on any atom is 0.331 e. The molecule has 0 unspecified atom stereocenters. The standard InChI is InChI=1S/C23H17F4N7S/c24-22(25)10-11-33(13-22)19-18-20(30-21(29-19)23(26,27)16-7-2-1-3-8-16)34(32-31-18)12-15-6-4-5-9-17(15)28-14-35/h1-9H,10-13H2. The molecule has 178 valence electrons. The Morgan fingerprint density at radius 2 is 1.80 bits per heavy atom. The molecule has 0 N–H and O–H groups in total. The highest BCUT2D eigenvalue weighted by Crippen LogP contribution is 2.38. The summed E-state index contributed by atoms with van der Waals surface area (Å²) >= 11 is 4.70. The molecule has 0 amide bonds. The molecule has 0 saturated carbocycles. The zero-order valence-corrected chi connectivity index (χ0v) is 18.9. The van der Waals surface area contributed by atoms with E-state index in [-0.39, 0.29) is 35.6 Å². The summed E-state index contributed by atoms with van der Waals surface area (Å²) in [6, 6.07) is 14.1. The number of halogens is 4. The second-order valence-corrected chi connectivity index (χ2v) is 8.27. The molecule has 2 aromatic carbocycles. The van der Waals surface area contributed by atoms with Crippen molar-refractivity contribution in [2.45, 2.75) is 24.8 Å². The van der Waals surface area contributed by atoms with Crippen LogP contribution in [0.3, 0.4) is 0 Å². The fraction of sp³-hybridized carbons (Fsp3) is 0.261. The maximum atomic E-state index is 15.5. The molecule has 0 radical (unpaired) electrons. The molecule has 4 aromatic rings. The Kier molecular flexibility index (Phi) is 5.78. The predicted octanol–water partition coefficient (Wildman–Crippen LogP) is 4.99. The van der Waals surface area contributed by atoms with Crippen LogP contribution in [0.25, 0.3) is 11.2 Å². The van der Waals surface area contributed by atoms with E-state index < -0.39 is 30.6 Å². The van der Waals surface area contributed by atoms with Gasteiger partial charge in [-0.15, -0.1) is 5.10 Å². The number of anilines is 1. The molecule has 1 saturated heterocycles. The van der Waals surface area contributed by atoms with E-state index >= 15 is 8.78 Å². The van der Waals surface area contributed by atoms with Crippen LogP contribution in [0, 0.1) is 0 Å². The number of thiocarbonyl (C=S) groups is 1. The lowest BCUT2D eigenvalue weighted by atomic mass is 10.1. The Labute approximate surface area is 202 Å². The molecule has 7 nitrogen and oxygen atoms in total. The SMILES string of the molecule is FC1(F)CCN(c2nc(C(F)(F)c3ccccc3)nc3c2nnn3Cc2ccccc2N=C=S)C1. The summed E-state index contributed by atoms with van der Waals surface area (Å²) in [6.07, 6.45) is -0.417. The minimum atomic E-state index is -3.58. The number of fused-ring (bicyclic) bond motifs is 1. The van der Waals surface area contributed by atoms with Crippen molar-refractivity contribution in [1.29, 1.82) is 0 Å². The highest BCUT2D eigenvalue weighted by atomic mass is 32.1. The Hall–Kier alpha value is -3.76. The van der Waals surface area contributed by atoms with Gasteiger partial charge in [0.05, 0.1) is 23.9 Å². The average molecular weight is 499 g/mol. The Morgan fingerprint density at radius 3 is 2.51 bits per heavy atom. The summed E-state index contributed by atoms with van der Waals surface area (Å²) < 4.78 is 60.3. The van der Waals surface area contributed by atoms with Gasteiger partial charge in [-0.2, -0.15) is 13.8 Å². The fourth-order valence-corrected chi connectivity index (χ4v) is 4.07. The van der Waals surface area contributed by atoms with Gasteiger partial charge in [0.2, 0.25) is 5.82 Å². The van der Waals surface area contributed by atoms with Gasteiger partial charge in [0.1, 0.15) is 0 Å². The zero-order valence-electron chi connectivity index (χ0n) is 18.1. The minimum absolute atomic E-state index is 0.00282. The molecule has 0 bridgehead atoms. The molecule has 0 aliphatic carbocycles. The summed E-state index contributed by atoms with van der Waals surface area (Å²) in [5, 5.41) is 10.4. The number of hydrogen-bond donors (Lipinski definition) is 0. The topological polar surface area (TPSA) is 72.1 Å². The van der Waals surface area contributed by atoms with Crippen LogP contribution in [0.4, 0.5) is 29.1 Å². The molecule has 1 aliphatic rings. The average Bonchev–Trinajstić information content (AvgIpc) is 3.43. The van der Waals surface area contributed by atoms with Gasteiger partial charge in [0.25, 0.3) is 5.92 Å². The van der Waals surface area contributed by atoms with Crippen LogP contribution in [0.15, 0.2) is 59.6 Å². The molecule has 12 heteroatoms. The molecule has 1 aliphatic heterocycles. The van der Waals surface area contributed by atoms with Gasteiger partial charge in [0.15, 0.2) is 17.0 Å². The van der Waals surface area contributed by atoms with Crippen molar-refractivity contribution in [1.82, 2.24) is 25.0 Å². The van der Waals surface area contributed by atoms with Crippen molar-refractivity contribution in [3.8, 4) is 0 Å². The zero-order chi connectivity index (χ0) is 24.6. The summed E-state index contributed by atoms with van der Waals surface area (Å²) in [7, 11) is 0. The third-order valence-electron chi connectivity index (χ3n) is 5.71. The molecular weight excluding hydrogens is 482 g/mol. The quantitative estimate of drug-likeness (QED) is 0.212. The summed E-state index contributed by atoms with van der Waals surface area (Å²) in [4.78, 5) is 13.4. The predicted molar refractivity (Wildman–Crippen MR) is 125 cm³/mol. The third kappa shape index (κ3) is 4.38. The molecule has 35 heavy (non-hydrogen) atoms. The monoisotopic (exact) mass is 499 g/mol. The van der Waals surface area contributed by atoms with Crippen molar-refractivity contribution >= 4 is 40.0 Å². The Balaban J connectivity index is 1.67. The number of aromatic nitrogens is 5. The molecule has 2 aromatic heterocycles. The van der Waals surface area contributed by atoms with E-state index in [0.29, 0.717) is 11.3 Å². The number of para-hydroxylation sites is 1. The van der Waals surface area contributed by atoms with E-state index in [1.807, 2.05) is 0 Å². The van der Waals surface area contributed by atoms with Gasteiger partial charge < -0.3 is 4.90 Å². The lowest BCUT2D eigenvalue weighted by Crippen LogP contribution is -2.28. The number of hydrogen-bond acceptors (Lipinski definition) is 7. The summed E-state index contributed by atoms with van der Waals surface area (Å²) in [6.45, 7) is -0.640. The minimum Gasteiger partial charge on any atom is -0.348 e. The first kappa shape index (κ1) is 23.0. The van der Waals surface area contributed by atoms with Crippen LogP contribution in [0.5, 0.6) is 0 Å². The lowest BCUT2D eigenvalue weighted by Gasteiger charge is -2.21. The van der Waals surface area contributed by atoms with Gasteiger partial charge in [-0.1, -0.05) is 53.7 Å². The van der Waals surface area contributed by atoms with E-state index in [4.69, 9.17) is 12.2 Å². The first-order chi connectivity index (χ1) is 16.8. The number of nitrogens with zero attached hydrogens (tertiary/aromatic N) is 7. The van der Waals surface area contributed by atoms with Gasteiger partial charge in [0, 0.05) is 24.1 Å². The van der Waals surface area contributed by atoms with Crippen molar-refractivity contribution in [3.63, 3.8) is 0 Å². The summed E-state index contributed by atoms with van der Waals surface area (Å²) in [5.41, 5.74) is 0.926. The highest BCUT2D eigenvalue weighted by molar-refractivity contribution is 7.78. The van der Waals surface area contributed by atoms with Crippen molar-refractivity contribution in [3.05, 3.63) is 71.5 Å². The molecule has 5 rings (SSSR count). The normalized spacial score (nSPS) is 15.4. The van der Waals surface area contributed by atoms with E-state index in [0.717, 1.165) is 0 Å². The Bertz CT molecular complexity index is 1430. The van der Waals surface area contributed by atoms with Crippen LogP contribution >= 0.6 is 12.2 Å². The largest absolute Gasteiger partial charge is 0.348 e. The molecule has 0 atom stereocenters. The van der Waals surface area contributed by atoms with Crippen LogP contribution in [0.2, 0.25) is 0 Å². The molecule has 3 heterocycles. The van der Waals surface area contributed by atoms with E-state index in [2.05, 4.69) is 30.4 Å². The van der Waals surface area contributed by atoms with Gasteiger partial charge in [-0.05, 0) is 18.3 Å². The number of aliphatic imine (C=N–C) groups is 1. The number of rotatable bonds is 6. The van der Waals surface area contributed by atoms with Crippen molar-refractivity contribution in [2.75, 3.05) is 18.0 Å². The lowest BCUT2D eigenvalue weighted by molar-refractivity contribution is 0.0256. The van der Waals surface area contributed by atoms with E-state index in [1.54, 1.807) is 30.3 Å². The molecular formula is C23H17F4N7S. The Morgan fingerprint density at radius 1 is 1.06 bits per heavy atom. The highest BCUT2D eigenvalue weighted by Gasteiger charge is 2.43. The maximum absolute atomic E-state index is 15.5. The van der Waals surface area contributed by atoms with E-state index in [1.165, 1.54) is 33.8 Å². The van der Waals surface area contributed by atoms with E-state index in [9.17, 15) is 8.78 Å². The number of isothiocyanates is 1. The smallest absolute Gasteiger partial charge is 0.331 e. The van der Waals surface area contributed by atoms with Gasteiger partial charge >= 0.3 is 5.92 Å². The fourth-order valence-electron chi connectivity index (χ4n) is 3.97. The summed E-state index contributed by atoms with van der Waals surface area (Å²) in [5.74, 6) is -7.47. The number of alkyl halides is 4. The molecule has 0 spiro atoms. The van der Waals surface area contributed by atoms with Crippen molar-refractivity contribution in [2.24, 2.45) is 4.99 Å². The van der Waals surface area contributed by atoms with Crippen LogP contribution in [0.1, 0.15) is 23.4 Å². The van der Waals surface area contributed by atoms with Crippen LogP contribution in [-0.2, 0) is 12.5 Å². The van der Waals surface area contributed by atoms with Gasteiger partial charge in [-0.25, -0.2) is 23.4 Å². The second-order valence-electron chi connectivity index (χ2n) is 8.09. The first-order valence-electron chi connectivity index (χ1n) is 10.6. The van der Waals surface area contributed by atoms with Crippen LogP contribution < -0.4 is 4.90 Å². The first-order valence-corrected chi connectivity index (χ1v) is 11.0. The van der Waals surface area contributed by atoms with Crippen molar-refractivity contribution < 1.29 is 17.6 Å².